The molecule has 0 amide bonds. The lowest BCUT2D eigenvalue weighted by molar-refractivity contribution is 0.560. The zero-order valence-corrected chi connectivity index (χ0v) is 13.4. The molecule has 1 aromatic heterocycles. The second kappa shape index (κ2) is 7.94. The maximum atomic E-state index is 11.9. The summed E-state index contributed by atoms with van der Waals surface area (Å²) in [5.74, 6) is 0.174. The van der Waals surface area contributed by atoms with Crippen molar-refractivity contribution in [2.24, 2.45) is 0 Å². The van der Waals surface area contributed by atoms with E-state index in [2.05, 4.69) is 15.0 Å². The Bertz CT molecular complexity index is 471. The molecule has 1 aromatic rings. The number of unbranched alkanes of at least 4 members (excludes halogenated alkanes) is 1. The van der Waals surface area contributed by atoms with Crippen LogP contribution < -0.4 is 10.0 Å². The number of hydrogen-bond acceptors (Lipinski definition) is 5. The number of nitrogens with one attached hydrogen (secondary N) is 2. The fourth-order valence-electron chi connectivity index (χ4n) is 1.67. The Morgan fingerprint density at radius 2 is 2.16 bits per heavy atom. The van der Waals surface area contributed by atoms with Gasteiger partial charge in [-0.3, -0.25) is 0 Å². The zero-order valence-electron chi connectivity index (χ0n) is 11.8. The SMILES string of the molecule is CCNCCCCS(=O)(=O)NC(C)c1nc(C)cs1. The van der Waals surface area contributed by atoms with Crippen LogP contribution in [0.15, 0.2) is 5.38 Å². The molecule has 0 aromatic carbocycles. The highest BCUT2D eigenvalue weighted by atomic mass is 32.2. The topological polar surface area (TPSA) is 71.1 Å². The molecule has 2 N–H and O–H groups in total. The van der Waals surface area contributed by atoms with E-state index in [1.54, 1.807) is 0 Å². The smallest absolute Gasteiger partial charge is 0.212 e. The van der Waals surface area contributed by atoms with E-state index < -0.39 is 10.0 Å². The number of hydrogen-bond donors (Lipinski definition) is 2. The van der Waals surface area contributed by atoms with E-state index in [1.807, 2.05) is 26.2 Å². The van der Waals surface area contributed by atoms with Gasteiger partial charge in [0, 0.05) is 11.1 Å². The van der Waals surface area contributed by atoms with E-state index in [1.165, 1.54) is 11.3 Å². The highest BCUT2D eigenvalue weighted by Crippen LogP contribution is 2.18. The fourth-order valence-corrected chi connectivity index (χ4v) is 3.90. The first-order valence-electron chi connectivity index (χ1n) is 6.57. The maximum absolute atomic E-state index is 11.9. The van der Waals surface area contributed by atoms with Gasteiger partial charge in [0.15, 0.2) is 0 Å². The van der Waals surface area contributed by atoms with Gasteiger partial charge in [0.1, 0.15) is 5.01 Å². The highest BCUT2D eigenvalue weighted by molar-refractivity contribution is 7.89. The number of nitrogens with zero attached hydrogens (tertiary/aromatic N) is 1. The summed E-state index contributed by atoms with van der Waals surface area (Å²) >= 11 is 1.49. The predicted octanol–water partition coefficient (Wildman–Crippen LogP) is 1.82. The van der Waals surface area contributed by atoms with Crippen molar-refractivity contribution < 1.29 is 8.42 Å². The van der Waals surface area contributed by atoms with Gasteiger partial charge >= 0.3 is 0 Å². The summed E-state index contributed by atoms with van der Waals surface area (Å²) in [6.45, 7) is 7.56. The van der Waals surface area contributed by atoms with Crippen LogP contribution in [-0.4, -0.2) is 32.2 Å². The van der Waals surface area contributed by atoms with Gasteiger partial charge in [-0.05, 0) is 39.8 Å². The third-order valence-electron chi connectivity index (χ3n) is 2.63. The molecule has 5 nitrogen and oxygen atoms in total. The Balaban J connectivity index is 2.37. The lowest BCUT2D eigenvalue weighted by atomic mass is 10.3. The minimum absolute atomic E-state index is 0.174. The third-order valence-corrected chi connectivity index (χ3v) is 5.31. The molecule has 110 valence electrons. The van der Waals surface area contributed by atoms with E-state index in [-0.39, 0.29) is 11.8 Å². The van der Waals surface area contributed by atoms with E-state index >= 15 is 0 Å². The lowest BCUT2D eigenvalue weighted by Crippen LogP contribution is -2.29. The van der Waals surface area contributed by atoms with Gasteiger partial charge in [-0.15, -0.1) is 11.3 Å². The predicted molar refractivity (Wildman–Crippen MR) is 80.0 cm³/mol. The molecule has 0 bridgehead atoms. The van der Waals surface area contributed by atoms with Crippen molar-refractivity contribution in [2.45, 2.75) is 39.7 Å². The summed E-state index contributed by atoms with van der Waals surface area (Å²) in [6, 6.07) is -0.252. The molecule has 0 spiro atoms. The van der Waals surface area contributed by atoms with Crippen LogP contribution in [0.5, 0.6) is 0 Å². The molecule has 1 atom stereocenters. The average Bonchev–Trinajstić information content (AvgIpc) is 2.75. The van der Waals surface area contributed by atoms with E-state index in [0.717, 1.165) is 30.2 Å². The summed E-state index contributed by atoms with van der Waals surface area (Å²) in [4.78, 5) is 4.30. The van der Waals surface area contributed by atoms with Crippen molar-refractivity contribution in [3.63, 3.8) is 0 Å². The molecule has 1 unspecified atom stereocenters. The summed E-state index contributed by atoms with van der Waals surface area (Å²) in [7, 11) is -3.22. The Morgan fingerprint density at radius 3 is 2.74 bits per heavy atom. The van der Waals surface area contributed by atoms with Crippen LogP contribution in [0.25, 0.3) is 0 Å². The first kappa shape index (κ1) is 16.6. The minimum Gasteiger partial charge on any atom is -0.317 e. The van der Waals surface area contributed by atoms with E-state index in [0.29, 0.717) is 6.42 Å². The Morgan fingerprint density at radius 1 is 1.42 bits per heavy atom. The van der Waals surface area contributed by atoms with Crippen molar-refractivity contribution >= 4 is 21.4 Å². The van der Waals surface area contributed by atoms with Crippen molar-refractivity contribution in [3.05, 3.63) is 16.1 Å². The number of aryl methyl sites for hydroxylation is 1. The molecule has 0 radical (unpaired) electrons. The molecule has 1 rings (SSSR count). The van der Waals surface area contributed by atoms with Crippen LogP contribution in [0.4, 0.5) is 0 Å². The standard InChI is InChI=1S/C12H23N3O2S2/c1-4-13-7-5-6-8-19(16,17)15-11(3)12-14-10(2)9-18-12/h9,11,13,15H,4-8H2,1-3H3. The maximum Gasteiger partial charge on any atom is 0.212 e. The van der Waals surface area contributed by atoms with Crippen molar-refractivity contribution in [1.82, 2.24) is 15.0 Å². The number of sulfonamides is 1. The average molecular weight is 305 g/mol. The molecule has 1 heterocycles. The summed E-state index contributed by atoms with van der Waals surface area (Å²) in [6.07, 6.45) is 1.55. The summed E-state index contributed by atoms with van der Waals surface area (Å²) in [5.41, 5.74) is 0.927. The molecule has 0 saturated heterocycles. The normalized spacial score (nSPS) is 13.6. The zero-order chi connectivity index (χ0) is 14.3. The quantitative estimate of drug-likeness (QED) is 0.683. The molecular weight excluding hydrogens is 282 g/mol. The van der Waals surface area contributed by atoms with Gasteiger partial charge in [0.2, 0.25) is 10.0 Å². The van der Waals surface area contributed by atoms with Gasteiger partial charge in [-0.25, -0.2) is 18.1 Å². The van der Waals surface area contributed by atoms with Crippen LogP contribution in [0.2, 0.25) is 0 Å². The number of thiazole rings is 1. The van der Waals surface area contributed by atoms with Crippen LogP contribution in [0.1, 0.15) is 43.4 Å². The van der Waals surface area contributed by atoms with Crippen molar-refractivity contribution in [1.29, 1.82) is 0 Å². The molecule has 7 heteroatoms. The monoisotopic (exact) mass is 305 g/mol. The van der Waals surface area contributed by atoms with Crippen LogP contribution >= 0.6 is 11.3 Å². The Hall–Kier alpha value is -0.500. The summed E-state index contributed by atoms with van der Waals surface area (Å²) in [5, 5.41) is 5.92. The van der Waals surface area contributed by atoms with Gasteiger partial charge in [-0.1, -0.05) is 6.92 Å². The molecular formula is C12H23N3O2S2. The Kier molecular flexibility index (Phi) is 6.92. The molecule has 0 fully saturated rings. The summed E-state index contributed by atoms with van der Waals surface area (Å²) < 4.78 is 26.5. The van der Waals surface area contributed by atoms with E-state index in [4.69, 9.17) is 0 Å². The van der Waals surface area contributed by atoms with Crippen LogP contribution in [-0.2, 0) is 10.0 Å². The van der Waals surface area contributed by atoms with Gasteiger partial charge in [-0.2, -0.15) is 0 Å². The second-order valence-corrected chi connectivity index (χ2v) is 7.31. The second-order valence-electron chi connectivity index (χ2n) is 4.55. The van der Waals surface area contributed by atoms with Crippen molar-refractivity contribution in [2.75, 3.05) is 18.8 Å². The van der Waals surface area contributed by atoms with Crippen LogP contribution in [0.3, 0.4) is 0 Å². The lowest BCUT2D eigenvalue weighted by Gasteiger charge is -2.11. The number of rotatable bonds is 9. The van der Waals surface area contributed by atoms with Gasteiger partial charge in [0.25, 0.3) is 0 Å². The van der Waals surface area contributed by atoms with Gasteiger partial charge in [0.05, 0.1) is 11.8 Å². The highest BCUT2D eigenvalue weighted by Gasteiger charge is 2.17. The Labute approximate surface area is 119 Å². The first-order valence-corrected chi connectivity index (χ1v) is 9.10. The fraction of sp³-hybridized carbons (Fsp3) is 0.750. The molecule has 0 aliphatic carbocycles. The first-order chi connectivity index (χ1) is 8.94. The van der Waals surface area contributed by atoms with Crippen molar-refractivity contribution in [3.8, 4) is 0 Å². The third kappa shape index (κ3) is 6.47. The molecule has 0 aliphatic rings. The van der Waals surface area contributed by atoms with Gasteiger partial charge < -0.3 is 5.32 Å². The largest absolute Gasteiger partial charge is 0.317 e. The molecule has 19 heavy (non-hydrogen) atoms. The van der Waals surface area contributed by atoms with Crippen LogP contribution in [0, 0.1) is 6.92 Å². The molecule has 0 saturated carbocycles. The number of aromatic nitrogens is 1. The van der Waals surface area contributed by atoms with E-state index in [9.17, 15) is 8.42 Å². The minimum atomic E-state index is -3.22. The molecule has 0 aliphatic heterocycles.